The molecule has 3 aliphatic rings. The molecule has 0 N–H and O–H groups in total. The van der Waals surface area contributed by atoms with Crippen molar-refractivity contribution in [3.63, 3.8) is 0 Å². The summed E-state index contributed by atoms with van der Waals surface area (Å²) in [6, 6.07) is 2.62. The maximum atomic E-state index is 14.6. The van der Waals surface area contributed by atoms with E-state index in [1.54, 1.807) is 12.3 Å². The number of amides is 2. The minimum Gasteiger partial charge on any atom is -0.442 e. The van der Waals surface area contributed by atoms with Gasteiger partial charge >= 0.3 is 17.9 Å². The number of cyclic esters (lactones) is 1. The number of nitrogens with zero attached hydrogens (tertiary/aromatic N) is 5. The first-order chi connectivity index (χ1) is 12.4. The number of ether oxygens (including phenoxy) is 1. The second-order valence-corrected chi connectivity index (χ2v) is 6.58. The van der Waals surface area contributed by atoms with Crippen LogP contribution in [0.1, 0.15) is 11.1 Å². The molecular formula is C16H13F2N5O3. The summed E-state index contributed by atoms with van der Waals surface area (Å²) >= 11 is 0. The van der Waals surface area contributed by atoms with Gasteiger partial charge in [0.25, 0.3) is 0 Å². The second kappa shape index (κ2) is 4.77. The van der Waals surface area contributed by atoms with E-state index in [9.17, 15) is 18.4 Å². The minimum absolute atomic E-state index is 0.182. The first kappa shape index (κ1) is 15.2. The standard InChI is InChI=1S/C16H13F2N5O3/c1-21-10-3-2-9-8(13(10)16(17,18)14(21)24)6-11-12(26-15(25)23(9)11)7-22-5-4-19-20-22/h2-5,11-12H,6-7H2,1H3/t11-,12-/m0/s1. The van der Waals surface area contributed by atoms with E-state index in [4.69, 9.17) is 4.74 Å². The molecular weight excluding hydrogens is 348 g/mol. The van der Waals surface area contributed by atoms with Gasteiger partial charge in [-0.3, -0.25) is 9.69 Å². The highest BCUT2D eigenvalue weighted by molar-refractivity contribution is 6.07. The van der Waals surface area contributed by atoms with Crippen molar-refractivity contribution >= 4 is 23.4 Å². The number of fused-ring (bicyclic) bond motifs is 5. The number of likely N-dealkylation sites (N-methyl/N-ethyl adjacent to an activating group) is 1. The van der Waals surface area contributed by atoms with Crippen molar-refractivity contribution < 1.29 is 23.1 Å². The first-order valence-corrected chi connectivity index (χ1v) is 8.06. The molecule has 134 valence electrons. The number of alkyl halides is 2. The molecule has 1 fully saturated rings. The van der Waals surface area contributed by atoms with E-state index in [1.807, 2.05) is 0 Å². The van der Waals surface area contributed by atoms with Gasteiger partial charge in [0.2, 0.25) is 0 Å². The van der Waals surface area contributed by atoms with Crippen LogP contribution in [0.3, 0.4) is 0 Å². The van der Waals surface area contributed by atoms with Gasteiger partial charge < -0.3 is 9.64 Å². The van der Waals surface area contributed by atoms with Gasteiger partial charge in [-0.15, -0.1) is 5.10 Å². The molecule has 2 amide bonds. The summed E-state index contributed by atoms with van der Waals surface area (Å²) in [6.07, 6.45) is 2.21. The summed E-state index contributed by atoms with van der Waals surface area (Å²) in [5.41, 5.74) is 0.586. The Bertz CT molecular complexity index is 946. The molecule has 4 heterocycles. The Balaban J connectivity index is 1.57. The first-order valence-electron chi connectivity index (χ1n) is 8.06. The molecule has 2 aromatic rings. The Morgan fingerprint density at radius 1 is 1.31 bits per heavy atom. The van der Waals surface area contributed by atoms with Gasteiger partial charge in [0, 0.05) is 13.2 Å². The summed E-state index contributed by atoms with van der Waals surface area (Å²) in [7, 11) is 1.33. The Morgan fingerprint density at radius 2 is 2.08 bits per heavy atom. The summed E-state index contributed by atoms with van der Waals surface area (Å²) in [5, 5.41) is 7.56. The summed E-state index contributed by atoms with van der Waals surface area (Å²) in [4.78, 5) is 26.6. The molecule has 5 rings (SSSR count). The molecule has 2 atom stereocenters. The van der Waals surface area contributed by atoms with Gasteiger partial charge in [0.1, 0.15) is 6.10 Å². The Morgan fingerprint density at radius 3 is 2.81 bits per heavy atom. The van der Waals surface area contributed by atoms with Gasteiger partial charge in [-0.1, -0.05) is 5.21 Å². The van der Waals surface area contributed by atoms with Crippen LogP contribution in [-0.2, 0) is 28.4 Å². The molecule has 1 aromatic heterocycles. The molecule has 10 heteroatoms. The maximum absolute atomic E-state index is 14.6. The lowest BCUT2D eigenvalue weighted by atomic mass is 9.97. The highest BCUT2D eigenvalue weighted by Crippen LogP contribution is 2.51. The van der Waals surface area contributed by atoms with Crippen molar-refractivity contribution in [2.24, 2.45) is 0 Å². The Kier molecular flexibility index (Phi) is 2.80. The van der Waals surface area contributed by atoms with Crippen LogP contribution in [0.5, 0.6) is 0 Å². The van der Waals surface area contributed by atoms with Crippen LogP contribution >= 0.6 is 0 Å². The van der Waals surface area contributed by atoms with Crippen molar-refractivity contribution in [1.29, 1.82) is 0 Å². The van der Waals surface area contributed by atoms with Crippen LogP contribution in [0.15, 0.2) is 24.5 Å². The van der Waals surface area contributed by atoms with Crippen molar-refractivity contribution in [2.45, 2.75) is 31.0 Å². The van der Waals surface area contributed by atoms with Crippen molar-refractivity contribution in [3.05, 3.63) is 35.7 Å². The van der Waals surface area contributed by atoms with Crippen molar-refractivity contribution in [1.82, 2.24) is 15.0 Å². The molecule has 0 saturated carbocycles. The monoisotopic (exact) mass is 361 g/mol. The fourth-order valence-corrected chi connectivity index (χ4v) is 4.06. The highest BCUT2D eigenvalue weighted by Gasteiger charge is 2.57. The van der Waals surface area contributed by atoms with E-state index >= 15 is 0 Å². The quantitative estimate of drug-likeness (QED) is 0.805. The van der Waals surface area contributed by atoms with E-state index in [2.05, 4.69) is 10.3 Å². The smallest absolute Gasteiger partial charge is 0.415 e. The van der Waals surface area contributed by atoms with Gasteiger partial charge in [0.15, 0.2) is 0 Å². The molecule has 0 aliphatic carbocycles. The zero-order chi connectivity index (χ0) is 18.2. The van der Waals surface area contributed by atoms with E-state index in [0.717, 1.165) is 4.90 Å². The van der Waals surface area contributed by atoms with Gasteiger partial charge in [-0.25, -0.2) is 9.48 Å². The molecule has 3 aliphatic heterocycles. The predicted molar refractivity (Wildman–Crippen MR) is 84.0 cm³/mol. The summed E-state index contributed by atoms with van der Waals surface area (Å²) in [5.74, 6) is -4.85. The van der Waals surface area contributed by atoms with E-state index in [-0.39, 0.29) is 24.2 Å². The van der Waals surface area contributed by atoms with Crippen LogP contribution in [0.25, 0.3) is 0 Å². The lowest BCUT2D eigenvalue weighted by molar-refractivity contribution is -0.141. The van der Waals surface area contributed by atoms with E-state index < -0.39 is 30.1 Å². The summed E-state index contributed by atoms with van der Waals surface area (Å²) in [6.45, 7) is 0.276. The van der Waals surface area contributed by atoms with Crippen LogP contribution < -0.4 is 9.80 Å². The zero-order valence-corrected chi connectivity index (χ0v) is 13.6. The third-order valence-corrected chi connectivity index (χ3v) is 5.24. The molecule has 1 saturated heterocycles. The number of carbonyl (C=O) groups excluding carboxylic acids is 2. The number of halogens is 2. The number of rotatable bonds is 2. The predicted octanol–water partition coefficient (Wildman–Crippen LogP) is 1.30. The molecule has 0 bridgehead atoms. The zero-order valence-electron chi connectivity index (χ0n) is 13.6. The lowest BCUT2D eigenvalue weighted by Gasteiger charge is -2.16. The fourth-order valence-electron chi connectivity index (χ4n) is 4.06. The molecule has 26 heavy (non-hydrogen) atoms. The normalized spacial score (nSPS) is 25.3. The number of aromatic nitrogens is 3. The van der Waals surface area contributed by atoms with E-state index in [0.29, 0.717) is 11.3 Å². The van der Waals surface area contributed by atoms with Gasteiger partial charge in [-0.05, 0) is 24.1 Å². The topological polar surface area (TPSA) is 80.6 Å². The minimum atomic E-state index is -3.60. The number of hydrogen-bond acceptors (Lipinski definition) is 5. The number of carbonyl (C=O) groups is 2. The number of anilines is 2. The molecule has 8 nitrogen and oxygen atoms in total. The van der Waals surface area contributed by atoms with E-state index in [1.165, 1.54) is 28.9 Å². The van der Waals surface area contributed by atoms with Crippen molar-refractivity contribution in [2.75, 3.05) is 16.8 Å². The SMILES string of the molecule is CN1C(=O)C(F)(F)c2c1ccc1c2C[C@H]2[C@H](Cn3ccnn3)OC(=O)N12. The largest absolute Gasteiger partial charge is 0.442 e. The molecule has 0 spiro atoms. The Hall–Kier alpha value is -3.04. The average Bonchev–Trinajstić information content (AvgIpc) is 3.33. The Labute approximate surface area is 145 Å². The van der Waals surface area contributed by atoms with Crippen molar-refractivity contribution in [3.8, 4) is 0 Å². The van der Waals surface area contributed by atoms with Crippen LogP contribution in [0.4, 0.5) is 25.0 Å². The number of benzene rings is 1. The van der Waals surface area contributed by atoms with Crippen LogP contribution in [-0.4, -0.2) is 46.2 Å². The van der Waals surface area contributed by atoms with Crippen LogP contribution in [0.2, 0.25) is 0 Å². The third kappa shape index (κ3) is 1.76. The van der Waals surface area contributed by atoms with Gasteiger partial charge in [-0.2, -0.15) is 8.78 Å². The lowest BCUT2D eigenvalue weighted by Crippen LogP contribution is -2.35. The van der Waals surface area contributed by atoms with Crippen LogP contribution in [0, 0.1) is 0 Å². The molecule has 1 aromatic carbocycles. The average molecular weight is 361 g/mol. The maximum Gasteiger partial charge on any atom is 0.415 e. The van der Waals surface area contributed by atoms with Gasteiger partial charge in [0.05, 0.1) is 35.7 Å². The summed E-state index contributed by atoms with van der Waals surface area (Å²) < 4.78 is 36.1. The highest BCUT2D eigenvalue weighted by atomic mass is 19.3. The second-order valence-electron chi connectivity index (χ2n) is 6.58. The molecule has 0 unspecified atom stereocenters. The fraction of sp³-hybridized carbons (Fsp3) is 0.375. The molecule has 0 radical (unpaired) electrons. The third-order valence-electron chi connectivity index (χ3n) is 5.24. The number of hydrogen-bond donors (Lipinski definition) is 0.